The molecule has 0 aliphatic carbocycles. The Morgan fingerprint density at radius 2 is 2.04 bits per heavy atom. The fourth-order valence-electron chi connectivity index (χ4n) is 3.20. The molecule has 0 saturated carbocycles. The van der Waals surface area contributed by atoms with Gasteiger partial charge >= 0.3 is 0 Å². The van der Waals surface area contributed by atoms with E-state index in [0.29, 0.717) is 24.7 Å². The quantitative estimate of drug-likeness (QED) is 0.720. The number of nitrogens with zero attached hydrogens (tertiary/aromatic N) is 3. The SMILES string of the molecule is COc1cccc(N2CC(c3nc(-c4cccc(C)c4)no3)CC2=O)c1. The first kappa shape index (κ1) is 16.3. The molecule has 2 heterocycles. The first-order valence-electron chi connectivity index (χ1n) is 8.49. The van der Waals surface area contributed by atoms with Gasteiger partial charge in [-0.2, -0.15) is 4.98 Å². The van der Waals surface area contributed by atoms with Crippen molar-refractivity contribution < 1.29 is 14.1 Å². The average molecular weight is 349 g/mol. The zero-order valence-corrected chi connectivity index (χ0v) is 14.7. The molecule has 1 atom stereocenters. The lowest BCUT2D eigenvalue weighted by Crippen LogP contribution is -2.24. The van der Waals surface area contributed by atoms with Crippen LogP contribution in [0.2, 0.25) is 0 Å². The van der Waals surface area contributed by atoms with Crippen LogP contribution in [0, 0.1) is 6.92 Å². The predicted molar refractivity (Wildman–Crippen MR) is 97.2 cm³/mol. The Morgan fingerprint density at radius 3 is 2.85 bits per heavy atom. The zero-order chi connectivity index (χ0) is 18.1. The highest BCUT2D eigenvalue weighted by atomic mass is 16.5. The molecular weight excluding hydrogens is 330 g/mol. The molecule has 0 N–H and O–H groups in total. The molecule has 1 aliphatic heterocycles. The van der Waals surface area contributed by atoms with E-state index in [1.807, 2.05) is 55.5 Å². The van der Waals surface area contributed by atoms with Crippen molar-refractivity contribution in [3.8, 4) is 17.1 Å². The normalized spacial score (nSPS) is 16.9. The van der Waals surface area contributed by atoms with Crippen molar-refractivity contribution in [2.24, 2.45) is 0 Å². The lowest BCUT2D eigenvalue weighted by atomic mass is 10.1. The van der Waals surface area contributed by atoms with Crippen LogP contribution in [-0.2, 0) is 4.79 Å². The number of carbonyl (C=O) groups excluding carboxylic acids is 1. The predicted octanol–water partition coefficient (Wildman–Crippen LogP) is 3.57. The number of amides is 1. The van der Waals surface area contributed by atoms with Crippen molar-refractivity contribution in [1.29, 1.82) is 0 Å². The third kappa shape index (κ3) is 3.06. The largest absolute Gasteiger partial charge is 0.497 e. The first-order valence-corrected chi connectivity index (χ1v) is 8.49. The van der Waals surface area contributed by atoms with E-state index in [2.05, 4.69) is 10.1 Å². The second-order valence-corrected chi connectivity index (χ2v) is 6.43. The van der Waals surface area contributed by atoms with Gasteiger partial charge in [0.15, 0.2) is 0 Å². The van der Waals surface area contributed by atoms with E-state index in [9.17, 15) is 4.79 Å². The molecule has 0 spiro atoms. The van der Waals surface area contributed by atoms with Crippen LogP contribution >= 0.6 is 0 Å². The molecular formula is C20H19N3O3. The third-order valence-corrected chi connectivity index (χ3v) is 4.56. The highest BCUT2D eigenvalue weighted by Gasteiger charge is 2.35. The summed E-state index contributed by atoms with van der Waals surface area (Å²) in [4.78, 5) is 18.7. The van der Waals surface area contributed by atoms with Crippen molar-refractivity contribution in [3.63, 3.8) is 0 Å². The van der Waals surface area contributed by atoms with Gasteiger partial charge in [0.1, 0.15) is 5.75 Å². The maximum absolute atomic E-state index is 12.5. The van der Waals surface area contributed by atoms with Crippen LogP contribution in [-0.4, -0.2) is 29.7 Å². The minimum absolute atomic E-state index is 0.0403. The lowest BCUT2D eigenvalue weighted by molar-refractivity contribution is -0.117. The fraction of sp³-hybridized carbons (Fsp3) is 0.250. The second kappa shape index (κ2) is 6.63. The Kier molecular flexibility index (Phi) is 4.16. The maximum Gasteiger partial charge on any atom is 0.232 e. The number of rotatable bonds is 4. The van der Waals surface area contributed by atoms with E-state index in [-0.39, 0.29) is 11.8 Å². The van der Waals surface area contributed by atoms with Gasteiger partial charge in [0.05, 0.1) is 13.0 Å². The molecule has 26 heavy (non-hydrogen) atoms. The molecule has 1 aromatic heterocycles. The van der Waals surface area contributed by atoms with Gasteiger partial charge in [-0.05, 0) is 25.1 Å². The average Bonchev–Trinajstić information content (AvgIpc) is 3.28. The molecule has 1 unspecified atom stereocenters. The van der Waals surface area contributed by atoms with Crippen molar-refractivity contribution >= 4 is 11.6 Å². The van der Waals surface area contributed by atoms with E-state index in [0.717, 1.165) is 22.6 Å². The Balaban J connectivity index is 1.56. The summed E-state index contributed by atoms with van der Waals surface area (Å²) in [7, 11) is 1.61. The van der Waals surface area contributed by atoms with Crippen LogP contribution in [0.4, 0.5) is 5.69 Å². The summed E-state index contributed by atoms with van der Waals surface area (Å²) < 4.78 is 10.7. The van der Waals surface area contributed by atoms with Gasteiger partial charge in [0.25, 0.3) is 0 Å². The molecule has 2 aromatic carbocycles. The summed E-state index contributed by atoms with van der Waals surface area (Å²) in [5.41, 5.74) is 2.86. The third-order valence-electron chi connectivity index (χ3n) is 4.56. The van der Waals surface area contributed by atoms with E-state index in [4.69, 9.17) is 9.26 Å². The van der Waals surface area contributed by atoms with Gasteiger partial charge in [0, 0.05) is 30.3 Å². The highest BCUT2D eigenvalue weighted by molar-refractivity contribution is 5.96. The summed E-state index contributed by atoms with van der Waals surface area (Å²) in [6.07, 6.45) is 0.354. The number of hydrogen-bond acceptors (Lipinski definition) is 5. The van der Waals surface area contributed by atoms with Gasteiger partial charge in [0.2, 0.25) is 17.6 Å². The zero-order valence-electron chi connectivity index (χ0n) is 14.7. The van der Waals surface area contributed by atoms with Crippen LogP contribution in [0.1, 0.15) is 23.8 Å². The molecule has 6 heteroatoms. The highest BCUT2D eigenvalue weighted by Crippen LogP contribution is 2.33. The van der Waals surface area contributed by atoms with E-state index in [1.54, 1.807) is 12.0 Å². The number of aryl methyl sites for hydroxylation is 1. The van der Waals surface area contributed by atoms with E-state index >= 15 is 0 Å². The Morgan fingerprint density at radius 1 is 1.19 bits per heavy atom. The summed E-state index contributed by atoms with van der Waals surface area (Å²) in [5, 5.41) is 4.09. The van der Waals surface area contributed by atoms with Crippen LogP contribution in [0.3, 0.4) is 0 Å². The van der Waals surface area contributed by atoms with Crippen molar-refractivity contribution in [1.82, 2.24) is 10.1 Å². The topological polar surface area (TPSA) is 68.5 Å². The number of ether oxygens (including phenoxy) is 1. The number of aromatic nitrogens is 2. The van der Waals surface area contributed by atoms with Crippen molar-refractivity contribution in [2.45, 2.75) is 19.3 Å². The first-order chi connectivity index (χ1) is 12.6. The molecule has 0 radical (unpaired) electrons. The summed E-state index contributed by atoms with van der Waals surface area (Å²) in [6.45, 7) is 2.54. The number of carbonyl (C=O) groups is 1. The van der Waals surface area contributed by atoms with E-state index in [1.165, 1.54) is 0 Å². The molecule has 1 fully saturated rings. The lowest BCUT2D eigenvalue weighted by Gasteiger charge is -2.16. The number of anilines is 1. The van der Waals surface area contributed by atoms with E-state index < -0.39 is 0 Å². The van der Waals surface area contributed by atoms with Crippen LogP contribution in [0.15, 0.2) is 53.1 Å². The smallest absolute Gasteiger partial charge is 0.232 e. The van der Waals surface area contributed by atoms with Gasteiger partial charge < -0.3 is 14.2 Å². The summed E-state index contributed by atoms with van der Waals surface area (Å²) in [6, 6.07) is 15.4. The van der Waals surface area contributed by atoms with Gasteiger partial charge in [-0.1, -0.05) is 35.0 Å². The monoisotopic (exact) mass is 349 g/mol. The number of benzene rings is 2. The Bertz CT molecular complexity index is 951. The summed E-state index contributed by atoms with van der Waals surface area (Å²) in [5.74, 6) is 1.70. The van der Waals surface area contributed by atoms with Crippen LogP contribution < -0.4 is 9.64 Å². The number of methoxy groups -OCH3 is 1. The second-order valence-electron chi connectivity index (χ2n) is 6.43. The molecule has 6 nitrogen and oxygen atoms in total. The van der Waals surface area contributed by atoms with Crippen molar-refractivity contribution in [2.75, 3.05) is 18.6 Å². The minimum Gasteiger partial charge on any atom is -0.497 e. The maximum atomic E-state index is 12.5. The minimum atomic E-state index is -0.111. The molecule has 1 aliphatic rings. The fourth-order valence-corrected chi connectivity index (χ4v) is 3.20. The molecule has 3 aromatic rings. The molecule has 1 saturated heterocycles. The summed E-state index contributed by atoms with van der Waals surface area (Å²) >= 11 is 0. The van der Waals surface area contributed by atoms with Gasteiger partial charge in [-0.25, -0.2) is 0 Å². The molecule has 4 rings (SSSR count). The standard InChI is InChI=1S/C20H19N3O3/c1-13-5-3-6-14(9-13)19-21-20(26-22-19)15-10-18(24)23(12-15)16-7-4-8-17(11-16)25-2/h3-9,11,15H,10,12H2,1-2H3. The number of hydrogen-bond donors (Lipinski definition) is 0. The molecule has 0 bridgehead atoms. The van der Waals surface area contributed by atoms with Gasteiger partial charge in [-0.3, -0.25) is 4.79 Å². The van der Waals surface area contributed by atoms with Gasteiger partial charge in [-0.15, -0.1) is 0 Å². The molecule has 1 amide bonds. The van der Waals surface area contributed by atoms with Crippen LogP contribution in [0.25, 0.3) is 11.4 Å². The molecule has 132 valence electrons. The Labute approximate surface area is 151 Å². The Hall–Kier alpha value is -3.15. The van der Waals surface area contributed by atoms with Crippen LogP contribution in [0.5, 0.6) is 5.75 Å². The van der Waals surface area contributed by atoms with Crippen molar-refractivity contribution in [3.05, 3.63) is 60.0 Å².